The lowest BCUT2D eigenvalue weighted by molar-refractivity contribution is -0.135. The second-order valence-electron chi connectivity index (χ2n) is 6.71. The van der Waals surface area contributed by atoms with Crippen molar-refractivity contribution in [1.29, 1.82) is 0 Å². The van der Waals surface area contributed by atoms with E-state index < -0.39 is 11.1 Å². The summed E-state index contributed by atoms with van der Waals surface area (Å²) in [5.41, 5.74) is 4.39. The van der Waals surface area contributed by atoms with Gasteiger partial charge >= 0.3 is 6.18 Å². The van der Waals surface area contributed by atoms with Crippen LogP contribution in [0.25, 0.3) is 11.3 Å². The van der Waals surface area contributed by atoms with Gasteiger partial charge in [0.2, 0.25) is 0 Å². The molecule has 3 rings (SSSR count). The topological polar surface area (TPSA) is 22.1 Å². The van der Waals surface area contributed by atoms with Gasteiger partial charge in [0.25, 0.3) is 0 Å². The first kappa shape index (κ1) is 20.4. The first-order chi connectivity index (χ1) is 13.3. The number of aromatic nitrogens is 1. The highest BCUT2D eigenvalue weighted by Crippen LogP contribution is 2.40. The van der Waals surface area contributed by atoms with E-state index in [9.17, 15) is 13.2 Å². The molecule has 0 atom stereocenters. The van der Waals surface area contributed by atoms with Gasteiger partial charge < -0.3 is 4.74 Å². The van der Waals surface area contributed by atoms with Crippen LogP contribution in [0.4, 0.5) is 13.2 Å². The molecule has 0 bridgehead atoms. The van der Waals surface area contributed by atoms with E-state index in [0.29, 0.717) is 28.5 Å². The summed E-state index contributed by atoms with van der Waals surface area (Å²) in [6, 6.07) is 12.7. The van der Waals surface area contributed by atoms with Crippen molar-refractivity contribution in [3.8, 4) is 17.0 Å². The van der Waals surface area contributed by atoms with Gasteiger partial charge in [-0.15, -0.1) is 0 Å². The molecule has 0 spiro atoms. The highest BCUT2D eigenvalue weighted by molar-refractivity contribution is 7.06. The van der Waals surface area contributed by atoms with Crippen molar-refractivity contribution in [3.05, 3.63) is 69.6 Å². The molecule has 6 heteroatoms. The lowest BCUT2D eigenvalue weighted by atomic mass is 9.99. The second kappa shape index (κ2) is 8.35. The van der Waals surface area contributed by atoms with Gasteiger partial charge in [-0.3, -0.25) is 0 Å². The summed E-state index contributed by atoms with van der Waals surface area (Å²) in [6.07, 6.45) is -2.45. The highest BCUT2D eigenvalue weighted by Gasteiger charge is 2.38. The van der Waals surface area contributed by atoms with E-state index in [1.165, 1.54) is 5.56 Å². The predicted octanol–water partition coefficient (Wildman–Crippen LogP) is 6.98. The van der Waals surface area contributed by atoms with Crippen LogP contribution in [0.15, 0.2) is 42.5 Å². The zero-order valence-corrected chi connectivity index (χ0v) is 16.9. The number of alkyl halides is 3. The van der Waals surface area contributed by atoms with Gasteiger partial charge in [-0.1, -0.05) is 49.7 Å². The average molecular weight is 405 g/mol. The number of hydrogen-bond acceptors (Lipinski definition) is 3. The van der Waals surface area contributed by atoms with Crippen molar-refractivity contribution < 1.29 is 17.9 Å². The Hall–Kier alpha value is -2.34. The third kappa shape index (κ3) is 4.22. The van der Waals surface area contributed by atoms with E-state index in [2.05, 4.69) is 11.3 Å². The van der Waals surface area contributed by atoms with Crippen molar-refractivity contribution in [2.75, 3.05) is 0 Å². The van der Waals surface area contributed by atoms with Crippen molar-refractivity contribution >= 4 is 11.5 Å². The molecule has 3 aromatic rings. The van der Waals surface area contributed by atoms with E-state index >= 15 is 0 Å². The van der Waals surface area contributed by atoms with E-state index in [1.54, 1.807) is 24.3 Å². The van der Waals surface area contributed by atoms with Crippen LogP contribution in [-0.4, -0.2) is 4.37 Å². The fourth-order valence-corrected chi connectivity index (χ4v) is 3.95. The van der Waals surface area contributed by atoms with Crippen molar-refractivity contribution in [3.63, 3.8) is 0 Å². The molecule has 0 aliphatic heterocycles. The number of nitrogens with zero attached hydrogens (tertiary/aromatic N) is 1. The molecule has 2 nitrogen and oxygen atoms in total. The van der Waals surface area contributed by atoms with Crippen LogP contribution < -0.4 is 4.74 Å². The molecular formula is C22H22F3NOS. The maximum absolute atomic E-state index is 13.5. The Bertz CT molecular complexity index is 948. The molecular weight excluding hydrogens is 383 g/mol. The van der Waals surface area contributed by atoms with Crippen LogP contribution in [0.5, 0.6) is 5.75 Å². The normalized spacial score (nSPS) is 11.6. The largest absolute Gasteiger partial charge is 0.488 e. The molecule has 0 unspecified atom stereocenters. The van der Waals surface area contributed by atoms with Gasteiger partial charge in [0.15, 0.2) is 0 Å². The van der Waals surface area contributed by atoms with Gasteiger partial charge in [0.1, 0.15) is 17.2 Å². The molecule has 1 aromatic heterocycles. The minimum absolute atomic E-state index is 0.0818. The summed E-state index contributed by atoms with van der Waals surface area (Å²) in [5, 5.41) is 0. The van der Waals surface area contributed by atoms with E-state index in [1.807, 2.05) is 32.0 Å². The molecule has 0 fully saturated rings. The van der Waals surface area contributed by atoms with Crippen molar-refractivity contribution in [2.24, 2.45) is 0 Å². The standard InChI is InChI=1S/C22H22F3NOS/c1-4-8-16-11-12-19(15(3)14(16)2)27-13-18-20(17-9-6-5-7-10-17)26-28-21(18)22(23,24)25/h5-7,9-12H,4,8,13H2,1-3H3. The summed E-state index contributed by atoms with van der Waals surface area (Å²) in [4.78, 5) is -0.705. The number of hydrogen-bond donors (Lipinski definition) is 0. The summed E-state index contributed by atoms with van der Waals surface area (Å²) in [5.74, 6) is 0.607. The van der Waals surface area contributed by atoms with Crippen molar-refractivity contribution in [1.82, 2.24) is 4.37 Å². The smallest absolute Gasteiger partial charge is 0.427 e. The number of aryl methyl sites for hydroxylation is 1. The van der Waals surface area contributed by atoms with Gasteiger partial charge in [-0.25, -0.2) is 0 Å². The zero-order valence-electron chi connectivity index (χ0n) is 16.1. The third-order valence-electron chi connectivity index (χ3n) is 4.83. The molecule has 0 aliphatic rings. The third-order valence-corrected chi connectivity index (χ3v) is 5.77. The molecule has 0 radical (unpaired) electrons. The van der Waals surface area contributed by atoms with Gasteiger partial charge in [0, 0.05) is 11.1 Å². The van der Waals surface area contributed by atoms with Crippen LogP contribution in [0.3, 0.4) is 0 Å². The maximum atomic E-state index is 13.5. The lowest BCUT2D eigenvalue weighted by Gasteiger charge is -2.15. The fourth-order valence-electron chi connectivity index (χ4n) is 3.19. The Labute approximate surface area is 167 Å². The van der Waals surface area contributed by atoms with Crippen LogP contribution in [0, 0.1) is 13.8 Å². The van der Waals surface area contributed by atoms with Crippen LogP contribution in [0.1, 0.15) is 40.5 Å². The molecule has 2 aromatic carbocycles. The maximum Gasteiger partial charge on any atom is 0.427 e. The Morgan fingerprint density at radius 3 is 2.36 bits per heavy atom. The lowest BCUT2D eigenvalue weighted by Crippen LogP contribution is -2.09. The molecule has 28 heavy (non-hydrogen) atoms. The Kier molecular flexibility index (Phi) is 6.08. The van der Waals surface area contributed by atoms with Gasteiger partial charge in [-0.05, 0) is 54.6 Å². The number of ether oxygens (including phenoxy) is 1. The quantitative estimate of drug-likeness (QED) is 0.441. The number of halogens is 3. The van der Waals surface area contributed by atoms with Gasteiger partial charge in [-0.2, -0.15) is 17.5 Å². The summed E-state index contributed by atoms with van der Waals surface area (Å²) >= 11 is 0.474. The average Bonchev–Trinajstić information content (AvgIpc) is 3.10. The van der Waals surface area contributed by atoms with Gasteiger partial charge in [0.05, 0.1) is 5.69 Å². The zero-order chi connectivity index (χ0) is 20.3. The molecule has 0 N–H and O–H groups in total. The number of benzene rings is 2. The minimum atomic E-state index is -4.46. The molecule has 0 amide bonds. The SMILES string of the molecule is CCCc1ccc(OCc2c(-c3ccccc3)nsc2C(F)(F)F)c(C)c1C. The van der Waals surface area contributed by atoms with Crippen LogP contribution in [0.2, 0.25) is 0 Å². The Morgan fingerprint density at radius 1 is 1.00 bits per heavy atom. The van der Waals surface area contributed by atoms with Crippen LogP contribution in [-0.2, 0) is 19.2 Å². The highest BCUT2D eigenvalue weighted by atomic mass is 32.1. The minimum Gasteiger partial charge on any atom is -0.488 e. The van der Waals surface area contributed by atoms with Crippen LogP contribution >= 0.6 is 11.5 Å². The van der Waals surface area contributed by atoms with E-state index in [-0.39, 0.29) is 12.2 Å². The molecule has 0 saturated heterocycles. The molecule has 1 heterocycles. The molecule has 148 valence electrons. The monoisotopic (exact) mass is 405 g/mol. The van der Waals surface area contributed by atoms with E-state index in [0.717, 1.165) is 24.0 Å². The second-order valence-corrected chi connectivity index (χ2v) is 7.49. The first-order valence-corrected chi connectivity index (χ1v) is 9.93. The Balaban J connectivity index is 1.94. The summed E-state index contributed by atoms with van der Waals surface area (Å²) in [6.45, 7) is 5.91. The fraction of sp³-hybridized carbons (Fsp3) is 0.318. The summed E-state index contributed by atoms with van der Waals surface area (Å²) < 4.78 is 50.4. The first-order valence-electron chi connectivity index (χ1n) is 9.16. The predicted molar refractivity (Wildman–Crippen MR) is 107 cm³/mol. The Morgan fingerprint density at radius 2 is 1.71 bits per heavy atom. The molecule has 0 aliphatic carbocycles. The van der Waals surface area contributed by atoms with E-state index in [4.69, 9.17) is 4.74 Å². The molecule has 0 saturated carbocycles. The van der Waals surface area contributed by atoms with Crippen molar-refractivity contribution in [2.45, 2.75) is 46.4 Å². The number of rotatable bonds is 6. The summed E-state index contributed by atoms with van der Waals surface area (Å²) in [7, 11) is 0.